The molecule has 0 spiro atoms. The molecule has 6 heteroatoms. The van der Waals surface area contributed by atoms with E-state index in [0.29, 0.717) is 24.0 Å². The SMILES string of the molecule is O=[N+]([O-])c1cc(CN2CC3C4CCC(O4)C3C2)cs1. The molecule has 2 bridgehead atoms. The van der Waals surface area contributed by atoms with Gasteiger partial charge in [0.2, 0.25) is 0 Å². The Balaban J connectivity index is 1.43. The van der Waals surface area contributed by atoms with Gasteiger partial charge in [-0.1, -0.05) is 11.3 Å². The van der Waals surface area contributed by atoms with Crippen LogP contribution in [0.15, 0.2) is 11.4 Å². The Morgan fingerprint density at radius 3 is 2.63 bits per heavy atom. The predicted octanol–water partition coefficient (Wildman–Crippen LogP) is 2.27. The minimum Gasteiger partial charge on any atom is -0.374 e. The summed E-state index contributed by atoms with van der Waals surface area (Å²) in [5.74, 6) is 1.40. The van der Waals surface area contributed by atoms with Crippen molar-refractivity contribution in [1.29, 1.82) is 0 Å². The van der Waals surface area contributed by atoms with Crippen molar-refractivity contribution in [2.75, 3.05) is 13.1 Å². The number of thiophene rings is 1. The molecule has 19 heavy (non-hydrogen) atoms. The molecule has 3 aliphatic rings. The van der Waals surface area contributed by atoms with Crippen LogP contribution in [0.2, 0.25) is 0 Å². The van der Waals surface area contributed by atoms with Crippen molar-refractivity contribution in [2.24, 2.45) is 11.8 Å². The quantitative estimate of drug-likeness (QED) is 0.629. The zero-order chi connectivity index (χ0) is 13.0. The number of likely N-dealkylation sites (tertiary alicyclic amines) is 1. The molecule has 5 nitrogen and oxygen atoms in total. The van der Waals surface area contributed by atoms with Crippen LogP contribution >= 0.6 is 11.3 Å². The third kappa shape index (κ3) is 1.89. The number of nitro groups is 1. The minimum absolute atomic E-state index is 0.248. The molecule has 4 rings (SSSR count). The fourth-order valence-corrected chi connectivity index (χ4v) is 4.70. The van der Waals surface area contributed by atoms with Crippen LogP contribution < -0.4 is 0 Å². The Kier molecular flexibility index (Phi) is 2.65. The van der Waals surface area contributed by atoms with Crippen LogP contribution in [0.4, 0.5) is 5.00 Å². The van der Waals surface area contributed by atoms with Crippen LogP contribution in [0.5, 0.6) is 0 Å². The largest absolute Gasteiger partial charge is 0.374 e. The standard InChI is InChI=1S/C13H16N2O3S/c16-15(17)13-3-8(7-19-13)4-14-5-9-10(6-14)12-2-1-11(9)18-12/h3,7,9-12H,1-2,4-6H2. The fourth-order valence-electron chi connectivity index (χ4n) is 3.98. The van der Waals surface area contributed by atoms with Gasteiger partial charge in [-0.3, -0.25) is 15.0 Å². The highest BCUT2D eigenvalue weighted by Gasteiger charge is 2.52. The van der Waals surface area contributed by atoms with Crippen LogP contribution in [0.1, 0.15) is 18.4 Å². The summed E-state index contributed by atoms with van der Waals surface area (Å²) in [7, 11) is 0. The van der Waals surface area contributed by atoms with Crippen LogP contribution in [-0.4, -0.2) is 35.1 Å². The molecule has 1 aromatic rings. The lowest BCUT2D eigenvalue weighted by molar-refractivity contribution is -0.380. The maximum absolute atomic E-state index is 10.7. The molecule has 0 aromatic carbocycles. The molecule has 0 saturated carbocycles. The molecule has 4 heterocycles. The van der Waals surface area contributed by atoms with E-state index in [1.807, 2.05) is 5.38 Å². The van der Waals surface area contributed by atoms with Gasteiger partial charge in [0.25, 0.3) is 0 Å². The number of fused-ring (bicyclic) bond motifs is 5. The first-order chi connectivity index (χ1) is 9.20. The van der Waals surface area contributed by atoms with Crippen molar-refractivity contribution in [3.05, 3.63) is 27.1 Å². The van der Waals surface area contributed by atoms with Crippen LogP contribution in [-0.2, 0) is 11.3 Å². The second kappa shape index (κ2) is 4.26. The average molecular weight is 280 g/mol. The summed E-state index contributed by atoms with van der Waals surface area (Å²) in [6.45, 7) is 3.03. The van der Waals surface area contributed by atoms with Crippen LogP contribution in [0, 0.1) is 22.0 Å². The van der Waals surface area contributed by atoms with Gasteiger partial charge in [0.1, 0.15) is 0 Å². The summed E-state index contributed by atoms with van der Waals surface area (Å²) >= 11 is 1.23. The Bertz CT molecular complexity index is 500. The van der Waals surface area contributed by atoms with E-state index >= 15 is 0 Å². The molecule has 0 amide bonds. The molecule has 3 aliphatic heterocycles. The summed E-state index contributed by atoms with van der Waals surface area (Å²) in [6.07, 6.45) is 3.42. The maximum atomic E-state index is 10.7. The van der Waals surface area contributed by atoms with Crippen molar-refractivity contribution in [3.63, 3.8) is 0 Å². The zero-order valence-electron chi connectivity index (χ0n) is 10.5. The average Bonchev–Trinajstić information content (AvgIpc) is 3.10. The number of nitrogens with zero attached hydrogens (tertiary/aromatic N) is 2. The van der Waals surface area contributed by atoms with E-state index in [4.69, 9.17) is 4.74 Å². The minimum atomic E-state index is -0.305. The summed E-state index contributed by atoms with van der Waals surface area (Å²) < 4.78 is 5.96. The molecule has 3 saturated heterocycles. The summed E-state index contributed by atoms with van der Waals surface area (Å²) in [5, 5.41) is 12.9. The Labute approximate surface area is 115 Å². The number of rotatable bonds is 3. The van der Waals surface area contributed by atoms with E-state index in [0.717, 1.165) is 25.2 Å². The monoisotopic (exact) mass is 280 g/mol. The van der Waals surface area contributed by atoms with Gasteiger partial charge < -0.3 is 4.74 Å². The second-order valence-electron chi connectivity index (χ2n) is 5.86. The van der Waals surface area contributed by atoms with Gasteiger partial charge in [-0.2, -0.15) is 0 Å². The van der Waals surface area contributed by atoms with Crippen molar-refractivity contribution in [1.82, 2.24) is 4.90 Å². The lowest BCUT2D eigenvalue weighted by Gasteiger charge is -2.18. The number of hydrogen-bond donors (Lipinski definition) is 0. The Hall–Kier alpha value is -0.980. The Morgan fingerprint density at radius 1 is 1.37 bits per heavy atom. The van der Waals surface area contributed by atoms with Crippen LogP contribution in [0.3, 0.4) is 0 Å². The van der Waals surface area contributed by atoms with E-state index in [1.54, 1.807) is 6.07 Å². The molecule has 1 aromatic heterocycles. The van der Waals surface area contributed by atoms with Crippen molar-refractivity contribution < 1.29 is 9.66 Å². The first-order valence-electron chi connectivity index (χ1n) is 6.80. The van der Waals surface area contributed by atoms with E-state index in [9.17, 15) is 10.1 Å². The topological polar surface area (TPSA) is 55.6 Å². The molecule has 0 aliphatic carbocycles. The highest BCUT2D eigenvalue weighted by molar-refractivity contribution is 7.13. The van der Waals surface area contributed by atoms with Crippen molar-refractivity contribution >= 4 is 16.3 Å². The first kappa shape index (κ1) is 11.8. The van der Waals surface area contributed by atoms with E-state index in [-0.39, 0.29) is 9.92 Å². The van der Waals surface area contributed by atoms with Crippen molar-refractivity contribution in [3.8, 4) is 0 Å². The molecular weight excluding hydrogens is 264 g/mol. The van der Waals surface area contributed by atoms with Gasteiger partial charge >= 0.3 is 5.00 Å². The lowest BCUT2D eigenvalue weighted by atomic mass is 9.82. The highest BCUT2D eigenvalue weighted by Crippen LogP contribution is 2.47. The van der Waals surface area contributed by atoms with Gasteiger partial charge in [-0.25, -0.2) is 0 Å². The molecule has 0 N–H and O–H groups in total. The summed E-state index contributed by atoms with van der Waals surface area (Å²) in [4.78, 5) is 12.8. The van der Waals surface area contributed by atoms with Gasteiger partial charge in [0.15, 0.2) is 0 Å². The van der Waals surface area contributed by atoms with Gasteiger partial charge in [0.05, 0.1) is 17.1 Å². The highest BCUT2D eigenvalue weighted by atomic mass is 32.1. The van der Waals surface area contributed by atoms with E-state index in [2.05, 4.69) is 4.90 Å². The molecular formula is C13H16N2O3S. The summed E-state index contributed by atoms with van der Waals surface area (Å²) in [5.41, 5.74) is 1.07. The summed E-state index contributed by atoms with van der Waals surface area (Å²) in [6, 6.07) is 1.71. The molecule has 4 unspecified atom stereocenters. The van der Waals surface area contributed by atoms with Crippen LogP contribution in [0.25, 0.3) is 0 Å². The Morgan fingerprint density at radius 2 is 2.05 bits per heavy atom. The molecule has 102 valence electrons. The smallest absolute Gasteiger partial charge is 0.324 e. The van der Waals surface area contributed by atoms with Gasteiger partial charge in [0, 0.05) is 42.9 Å². The number of ether oxygens (including phenoxy) is 1. The molecule has 0 radical (unpaired) electrons. The normalized spacial score (nSPS) is 36.8. The number of hydrogen-bond acceptors (Lipinski definition) is 5. The lowest BCUT2D eigenvalue weighted by Crippen LogP contribution is -2.24. The van der Waals surface area contributed by atoms with Gasteiger partial charge in [-0.15, -0.1) is 0 Å². The first-order valence-corrected chi connectivity index (χ1v) is 7.68. The zero-order valence-corrected chi connectivity index (χ0v) is 11.3. The van der Waals surface area contributed by atoms with E-state index in [1.165, 1.54) is 24.2 Å². The second-order valence-corrected chi connectivity index (χ2v) is 6.75. The van der Waals surface area contributed by atoms with Crippen molar-refractivity contribution in [2.45, 2.75) is 31.6 Å². The third-order valence-corrected chi connectivity index (χ3v) is 5.68. The van der Waals surface area contributed by atoms with E-state index < -0.39 is 0 Å². The van der Waals surface area contributed by atoms with Gasteiger partial charge in [-0.05, 0) is 18.4 Å². The maximum Gasteiger partial charge on any atom is 0.324 e. The predicted molar refractivity (Wildman–Crippen MR) is 71.1 cm³/mol. The molecule has 3 fully saturated rings. The fraction of sp³-hybridized carbons (Fsp3) is 0.692. The molecule has 4 atom stereocenters. The third-order valence-electron chi connectivity index (χ3n) is 4.75.